The molecule has 0 saturated heterocycles. The van der Waals surface area contributed by atoms with Crippen molar-refractivity contribution in [2.45, 2.75) is 0 Å². The zero-order valence-electron chi connectivity index (χ0n) is 30.1. The van der Waals surface area contributed by atoms with Gasteiger partial charge in [-0.25, -0.2) is 4.99 Å². The van der Waals surface area contributed by atoms with Gasteiger partial charge >= 0.3 is 0 Å². The fourth-order valence-corrected chi connectivity index (χ4v) is 6.47. The van der Waals surface area contributed by atoms with Gasteiger partial charge in [0.15, 0.2) is 5.84 Å². The smallest absolute Gasteiger partial charge is 0.152 e. The van der Waals surface area contributed by atoms with E-state index in [0.29, 0.717) is 5.71 Å². The highest BCUT2D eigenvalue weighted by Gasteiger charge is 2.10. The van der Waals surface area contributed by atoms with E-state index in [4.69, 9.17) is 10.4 Å². The summed E-state index contributed by atoms with van der Waals surface area (Å²) in [5.74, 6) is 0.205. The van der Waals surface area contributed by atoms with E-state index in [1.165, 1.54) is 11.1 Å². The van der Waals surface area contributed by atoms with Crippen molar-refractivity contribution >= 4 is 23.2 Å². The Morgan fingerprint density at radius 1 is 0.444 bits per heavy atom. The number of aliphatic imine (C=N–C) groups is 1. The molecule has 0 heterocycles. The number of nitrogens with one attached hydrogen (secondary N) is 1. The maximum atomic E-state index is 8.96. The minimum absolute atomic E-state index is 0.205. The third-order valence-corrected chi connectivity index (χ3v) is 9.33. The molecule has 7 aromatic carbocycles. The van der Waals surface area contributed by atoms with E-state index in [1.54, 1.807) is 6.08 Å². The van der Waals surface area contributed by atoms with Crippen LogP contribution in [0, 0.1) is 5.41 Å². The standard InChI is InChI=1S/C52H40N2/c1-3-15-39(4-2)42-25-31-45(32-26-42)50-35-38(34-49(37-50)41-18-10-6-11-19-41)24-33-51(54-52(53)46-20-12-7-13-21-46)48-23-14-22-47(36-48)44-29-27-43(28-30-44)40-16-8-5-9-17-40/h3-37,53H,1-2H2/b33-24+,39-15+,53-52?,54-51?. The summed E-state index contributed by atoms with van der Waals surface area (Å²) in [6.45, 7) is 7.82. The normalized spacial score (nSPS) is 11.7. The van der Waals surface area contributed by atoms with Gasteiger partial charge in [0, 0.05) is 11.1 Å². The van der Waals surface area contributed by atoms with Crippen LogP contribution in [0.2, 0.25) is 0 Å². The molecule has 0 aliphatic heterocycles. The average Bonchev–Trinajstić information content (AvgIpc) is 3.25. The highest BCUT2D eigenvalue weighted by Crippen LogP contribution is 2.31. The van der Waals surface area contributed by atoms with Crippen molar-refractivity contribution in [1.82, 2.24) is 0 Å². The van der Waals surface area contributed by atoms with Gasteiger partial charge in [0.05, 0.1) is 5.71 Å². The lowest BCUT2D eigenvalue weighted by Gasteiger charge is -2.11. The largest absolute Gasteiger partial charge is 0.282 e. The number of hydrogen-bond donors (Lipinski definition) is 1. The van der Waals surface area contributed by atoms with Gasteiger partial charge in [-0.05, 0) is 91.5 Å². The molecule has 0 bridgehead atoms. The number of hydrogen-bond acceptors (Lipinski definition) is 1. The first kappa shape index (κ1) is 35.3. The van der Waals surface area contributed by atoms with Crippen LogP contribution < -0.4 is 0 Å². The van der Waals surface area contributed by atoms with Gasteiger partial charge < -0.3 is 0 Å². The zero-order valence-corrected chi connectivity index (χ0v) is 30.1. The Bertz CT molecular complexity index is 2490. The summed E-state index contributed by atoms with van der Waals surface area (Å²) in [5, 5.41) is 8.96. The van der Waals surface area contributed by atoms with E-state index < -0.39 is 0 Å². The molecule has 7 aromatic rings. The highest BCUT2D eigenvalue weighted by molar-refractivity contribution is 6.18. The molecule has 1 N–H and O–H groups in total. The van der Waals surface area contributed by atoms with Crippen LogP contribution in [0.5, 0.6) is 0 Å². The van der Waals surface area contributed by atoms with Crippen LogP contribution in [0.3, 0.4) is 0 Å². The van der Waals surface area contributed by atoms with Crippen molar-refractivity contribution < 1.29 is 0 Å². The van der Waals surface area contributed by atoms with Crippen molar-refractivity contribution in [2.75, 3.05) is 0 Å². The SMILES string of the molecule is C=C/C=C(\C=C)c1ccc(-c2cc(/C=C/C(=NC(=N)c3ccccc3)c3cccc(-c4ccc(-c5ccccc5)cc4)c3)cc(-c3ccccc3)c2)cc1. The number of allylic oxidation sites excluding steroid dienone is 5. The van der Waals surface area contributed by atoms with Gasteiger partial charge in [0.1, 0.15) is 0 Å². The summed E-state index contributed by atoms with van der Waals surface area (Å²) >= 11 is 0. The lowest BCUT2D eigenvalue weighted by molar-refractivity contribution is 1.41. The van der Waals surface area contributed by atoms with Crippen LogP contribution in [0.1, 0.15) is 22.3 Å². The summed E-state index contributed by atoms with van der Waals surface area (Å²) in [4.78, 5) is 4.92. The molecule has 258 valence electrons. The van der Waals surface area contributed by atoms with Gasteiger partial charge in [-0.1, -0.05) is 195 Å². The lowest BCUT2D eigenvalue weighted by Crippen LogP contribution is -2.04. The lowest BCUT2D eigenvalue weighted by atomic mass is 9.94. The fourth-order valence-electron chi connectivity index (χ4n) is 6.47. The Morgan fingerprint density at radius 3 is 1.52 bits per heavy atom. The zero-order chi connectivity index (χ0) is 37.1. The van der Waals surface area contributed by atoms with Crippen molar-refractivity contribution in [3.63, 3.8) is 0 Å². The Kier molecular flexibility index (Phi) is 11.0. The van der Waals surface area contributed by atoms with E-state index in [-0.39, 0.29) is 5.84 Å². The second-order valence-electron chi connectivity index (χ2n) is 12.9. The minimum atomic E-state index is 0.205. The molecule has 2 heteroatoms. The molecule has 0 aliphatic rings. The number of amidine groups is 1. The second-order valence-corrected chi connectivity index (χ2v) is 12.9. The molecule has 0 unspecified atom stereocenters. The quantitative estimate of drug-likeness (QED) is 0.0796. The molecule has 0 fully saturated rings. The summed E-state index contributed by atoms with van der Waals surface area (Å²) in [7, 11) is 0. The molecule has 2 nitrogen and oxygen atoms in total. The van der Waals surface area contributed by atoms with Crippen LogP contribution >= 0.6 is 0 Å². The molecule has 0 radical (unpaired) electrons. The Labute approximate surface area is 318 Å². The van der Waals surface area contributed by atoms with Crippen molar-refractivity contribution in [3.8, 4) is 44.5 Å². The average molecular weight is 693 g/mol. The fraction of sp³-hybridized carbons (Fsp3) is 0. The first-order valence-electron chi connectivity index (χ1n) is 18.0. The molecule has 0 spiro atoms. The van der Waals surface area contributed by atoms with Crippen LogP contribution in [0.25, 0.3) is 56.2 Å². The first-order valence-corrected chi connectivity index (χ1v) is 18.0. The first-order chi connectivity index (χ1) is 26.6. The Balaban J connectivity index is 1.28. The Morgan fingerprint density at radius 2 is 0.926 bits per heavy atom. The van der Waals surface area contributed by atoms with E-state index in [0.717, 1.165) is 61.2 Å². The van der Waals surface area contributed by atoms with Gasteiger partial charge in [0.25, 0.3) is 0 Å². The number of rotatable bonds is 11. The second kappa shape index (κ2) is 16.9. The minimum Gasteiger partial charge on any atom is -0.282 e. The monoisotopic (exact) mass is 692 g/mol. The molecule has 0 aliphatic carbocycles. The van der Waals surface area contributed by atoms with Crippen LogP contribution in [0.4, 0.5) is 0 Å². The number of benzene rings is 7. The van der Waals surface area contributed by atoms with Crippen molar-refractivity contribution in [2.24, 2.45) is 4.99 Å². The predicted molar refractivity (Wildman–Crippen MR) is 232 cm³/mol. The van der Waals surface area contributed by atoms with Crippen LogP contribution in [-0.4, -0.2) is 11.5 Å². The molecule has 0 atom stereocenters. The summed E-state index contributed by atoms with van der Waals surface area (Å²) in [6.07, 6.45) is 9.73. The summed E-state index contributed by atoms with van der Waals surface area (Å²) in [6, 6.07) is 62.8. The molecular weight excluding hydrogens is 653 g/mol. The van der Waals surface area contributed by atoms with Crippen molar-refractivity contribution in [1.29, 1.82) is 5.41 Å². The Hall–Kier alpha value is -7.16. The van der Waals surface area contributed by atoms with Crippen LogP contribution in [-0.2, 0) is 0 Å². The van der Waals surface area contributed by atoms with Crippen molar-refractivity contribution in [3.05, 3.63) is 242 Å². The van der Waals surface area contributed by atoms with Crippen LogP contribution in [0.15, 0.2) is 224 Å². The third kappa shape index (κ3) is 8.48. The highest BCUT2D eigenvalue weighted by atomic mass is 14.8. The van der Waals surface area contributed by atoms with E-state index in [1.807, 2.05) is 60.7 Å². The van der Waals surface area contributed by atoms with E-state index >= 15 is 0 Å². The maximum Gasteiger partial charge on any atom is 0.152 e. The molecule has 0 amide bonds. The van der Waals surface area contributed by atoms with E-state index in [9.17, 15) is 0 Å². The number of nitrogens with zero attached hydrogens (tertiary/aromatic N) is 1. The molecule has 54 heavy (non-hydrogen) atoms. The molecule has 0 saturated carbocycles. The summed E-state index contributed by atoms with van der Waals surface area (Å²) in [5.41, 5.74) is 14.6. The van der Waals surface area contributed by atoms with Gasteiger partial charge in [-0.2, -0.15) is 0 Å². The third-order valence-electron chi connectivity index (χ3n) is 9.33. The molecule has 7 rings (SSSR count). The van der Waals surface area contributed by atoms with E-state index in [2.05, 4.69) is 159 Å². The van der Waals surface area contributed by atoms with Gasteiger partial charge in [-0.15, -0.1) is 0 Å². The molecule has 0 aromatic heterocycles. The van der Waals surface area contributed by atoms with Gasteiger partial charge in [-0.3, -0.25) is 5.41 Å². The molecular formula is C52H40N2. The summed E-state index contributed by atoms with van der Waals surface area (Å²) < 4.78 is 0. The maximum absolute atomic E-state index is 8.96. The topological polar surface area (TPSA) is 36.2 Å². The van der Waals surface area contributed by atoms with Gasteiger partial charge in [0.2, 0.25) is 0 Å². The predicted octanol–water partition coefficient (Wildman–Crippen LogP) is 13.6.